The van der Waals surface area contributed by atoms with Crippen molar-refractivity contribution in [1.82, 2.24) is 10.2 Å². The lowest BCUT2D eigenvalue weighted by Crippen LogP contribution is -3.00. The molecule has 1 heterocycles. The number of fused-ring (bicyclic) bond motifs is 1. The minimum Gasteiger partial charge on any atom is -1.00 e. The van der Waals surface area contributed by atoms with Crippen LogP contribution < -0.4 is 39.6 Å². The third-order valence-electron chi connectivity index (χ3n) is 2.67. The highest BCUT2D eigenvalue weighted by atomic mass is 35.5. The van der Waals surface area contributed by atoms with Gasteiger partial charge in [0.15, 0.2) is 11.5 Å². The third-order valence-corrected chi connectivity index (χ3v) is 2.67. The molecular formula is C13H20Cl2N2O2-2. The summed E-state index contributed by atoms with van der Waals surface area (Å²) in [6.45, 7) is 4.19. The van der Waals surface area contributed by atoms with Gasteiger partial charge in [-0.2, -0.15) is 0 Å². The summed E-state index contributed by atoms with van der Waals surface area (Å²) in [5.41, 5.74) is 1.23. The molecule has 0 aliphatic carbocycles. The number of ether oxygens (including phenoxy) is 2. The van der Waals surface area contributed by atoms with Gasteiger partial charge in [-0.25, -0.2) is 0 Å². The molecular weight excluding hydrogens is 287 g/mol. The molecule has 0 fully saturated rings. The fraction of sp³-hybridized carbons (Fsp3) is 0.538. The second-order valence-electron chi connectivity index (χ2n) is 4.46. The van der Waals surface area contributed by atoms with Gasteiger partial charge in [0, 0.05) is 19.6 Å². The predicted molar refractivity (Wildman–Crippen MR) is 67.7 cm³/mol. The van der Waals surface area contributed by atoms with Crippen LogP contribution in [0.25, 0.3) is 0 Å². The van der Waals surface area contributed by atoms with Gasteiger partial charge in [-0.05, 0) is 31.8 Å². The molecule has 110 valence electrons. The minimum absolute atomic E-state index is 0. The van der Waals surface area contributed by atoms with Crippen LogP contribution >= 0.6 is 0 Å². The molecule has 1 N–H and O–H groups in total. The van der Waals surface area contributed by atoms with E-state index in [0.29, 0.717) is 13.2 Å². The Morgan fingerprint density at radius 3 is 2.47 bits per heavy atom. The summed E-state index contributed by atoms with van der Waals surface area (Å²) in [7, 11) is 4.15. The minimum atomic E-state index is 0. The number of likely N-dealkylation sites (N-methyl/N-ethyl adjacent to an activating group) is 1. The second kappa shape index (κ2) is 9.26. The summed E-state index contributed by atoms with van der Waals surface area (Å²) in [5.74, 6) is 1.72. The Hall–Kier alpha value is -0.680. The molecule has 0 bridgehead atoms. The van der Waals surface area contributed by atoms with Crippen molar-refractivity contribution >= 4 is 0 Å². The van der Waals surface area contributed by atoms with Crippen LogP contribution in [-0.4, -0.2) is 45.3 Å². The van der Waals surface area contributed by atoms with Gasteiger partial charge in [0.1, 0.15) is 13.2 Å². The van der Waals surface area contributed by atoms with E-state index in [-0.39, 0.29) is 24.8 Å². The van der Waals surface area contributed by atoms with Crippen molar-refractivity contribution in [2.24, 2.45) is 0 Å². The van der Waals surface area contributed by atoms with Crippen molar-refractivity contribution in [2.75, 3.05) is 40.4 Å². The normalized spacial score (nSPS) is 12.6. The van der Waals surface area contributed by atoms with Crippen molar-refractivity contribution in [2.45, 2.75) is 6.54 Å². The Labute approximate surface area is 127 Å². The number of benzene rings is 1. The molecule has 1 aliphatic heterocycles. The molecule has 0 amide bonds. The smallest absolute Gasteiger partial charge is 0.161 e. The fourth-order valence-corrected chi connectivity index (χ4v) is 1.73. The number of hydrogen-bond donors (Lipinski definition) is 1. The van der Waals surface area contributed by atoms with Gasteiger partial charge in [0.2, 0.25) is 0 Å². The zero-order valence-electron chi connectivity index (χ0n) is 11.3. The van der Waals surface area contributed by atoms with E-state index in [0.717, 1.165) is 31.1 Å². The van der Waals surface area contributed by atoms with Crippen LogP contribution in [0.15, 0.2) is 18.2 Å². The molecule has 0 radical (unpaired) electrons. The molecule has 0 saturated carbocycles. The third kappa shape index (κ3) is 5.87. The molecule has 0 atom stereocenters. The Bertz CT molecular complexity index is 376. The van der Waals surface area contributed by atoms with Crippen LogP contribution in [0, 0.1) is 0 Å². The van der Waals surface area contributed by atoms with E-state index in [2.05, 4.69) is 36.4 Å². The van der Waals surface area contributed by atoms with E-state index >= 15 is 0 Å². The first-order valence-corrected chi connectivity index (χ1v) is 5.99. The van der Waals surface area contributed by atoms with Gasteiger partial charge >= 0.3 is 0 Å². The quantitative estimate of drug-likeness (QED) is 0.553. The first-order chi connectivity index (χ1) is 8.25. The van der Waals surface area contributed by atoms with Crippen LogP contribution in [0.2, 0.25) is 0 Å². The van der Waals surface area contributed by atoms with Crippen molar-refractivity contribution in [3.63, 3.8) is 0 Å². The molecule has 0 unspecified atom stereocenters. The van der Waals surface area contributed by atoms with Crippen LogP contribution in [0.1, 0.15) is 5.56 Å². The molecule has 2 rings (SSSR count). The molecule has 0 saturated heterocycles. The van der Waals surface area contributed by atoms with Crippen molar-refractivity contribution in [3.8, 4) is 11.5 Å². The maximum absolute atomic E-state index is 5.55. The number of halogens is 2. The average Bonchev–Trinajstić information content (AvgIpc) is 2.34. The highest BCUT2D eigenvalue weighted by Crippen LogP contribution is 2.30. The van der Waals surface area contributed by atoms with Gasteiger partial charge in [-0.1, -0.05) is 6.07 Å². The zero-order chi connectivity index (χ0) is 12.1. The Morgan fingerprint density at radius 1 is 1.11 bits per heavy atom. The highest BCUT2D eigenvalue weighted by Gasteiger charge is 2.11. The average molecular weight is 307 g/mol. The molecule has 0 spiro atoms. The summed E-state index contributed by atoms with van der Waals surface area (Å²) >= 11 is 0. The van der Waals surface area contributed by atoms with Crippen molar-refractivity contribution < 1.29 is 34.3 Å². The second-order valence-corrected chi connectivity index (χ2v) is 4.46. The number of hydrogen-bond acceptors (Lipinski definition) is 4. The first-order valence-electron chi connectivity index (χ1n) is 5.99. The lowest BCUT2D eigenvalue weighted by molar-refractivity contribution is -0.001000. The summed E-state index contributed by atoms with van der Waals surface area (Å²) in [6, 6.07) is 6.12. The first kappa shape index (κ1) is 18.3. The Balaban J connectivity index is 0.00000162. The lowest BCUT2D eigenvalue weighted by atomic mass is 10.2. The lowest BCUT2D eigenvalue weighted by Gasteiger charge is -2.19. The number of rotatable bonds is 5. The van der Waals surface area contributed by atoms with Gasteiger partial charge in [0.25, 0.3) is 0 Å². The van der Waals surface area contributed by atoms with Gasteiger partial charge in [0.05, 0.1) is 0 Å². The van der Waals surface area contributed by atoms with E-state index < -0.39 is 0 Å². The summed E-state index contributed by atoms with van der Waals surface area (Å²) in [6.07, 6.45) is 0. The largest absolute Gasteiger partial charge is 1.00 e. The fourth-order valence-electron chi connectivity index (χ4n) is 1.73. The molecule has 19 heavy (non-hydrogen) atoms. The predicted octanol–water partition coefficient (Wildman–Crippen LogP) is -4.88. The zero-order valence-corrected chi connectivity index (χ0v) is 12.8. The summed E-state index contributed by atoms with van der Waals surface area (Å²) < 4.78 is 11.0. The van der Waals surface area contributed by atoms with Crippen molar-refractivity contribution in [1.29, 1.82) is 0 Å². The highest BCUT2D eigenvalue weighted by molar-refractivity contribution is 5.43. The molecule has 1 aromatic carbocycles. The van der Waals surface area contributed by atoms with Crippen LogP contribution in [0.5, 0.6) is 11.5 Å². The maximum Gasteiger partial charge on any atom is 0.161 e. The van der Waals surface area contributed by atoms with E-state index in [9.17, 15) is 0 Å². The van der Waals surface area contributed by atoms with E-state index in [1.165, 1.54) is 5.56 Å². The van der Waals surface area contributed by atoms with Gasteiger partial charge in [-0.3, -0.25) is 0 Å². The topological polar surface area (TPSA) is 33.7 Å². The molecule has 1 aromatic rings. The summed E-state index contributed by atoms with van der Waals surface area (Å²) in [4.78, 5) is 2.16. The van der Waals surface area contributed by atoms with E-state index in [1.807, 2.05) is 6.07 Å². The van der Waals surface area contributed by atoms with Crippen molar-refractivity contribution in [3.05, 3.63) is 23.8 Å². The summed E-state index contributed by atoms with van der Waals surface area (Å²) in [5, 5.41) is 3.40. The van der Waals surface area contributed by atoms with Gasteiger partial charge < -0.3 is 44.5 Å². The van der Waals surface area contributed by atoms with E-state index in [1.54, 1.807) is 0 Å². The molecule has 6 heteroatoms. The van der Waals surface area contributed by atoms with Crippen LogP contribution in [-0.2, 0) is 6.54 Å². The monoisotopic (exact) mass is 306 g/mol. The number of nitrogens with zero attached hydrogens (tertiary/aromatic N) is 1. The molecule has 1 aliphatic rings. The standard InChI is InChI=1S/C13H20N2O2.2ClH/c1-15(2)6-5-14-10-11-3-4-12-13(9-11)17-8-7-16-12;;/h3-4,9,14H,5-8,10H2,1-2H3;2*1H/p-2. The maximum atomic E-state index is 5.55. The Kier molecular flexibility index (Phi) is 8.93. The van der Waals surface area contributed by atoms with Gasteiger partial charge in [-0.15, -0.1) is 0 Å². The SMILES string of the molecule is CN(C)CCNCc1ccc2c(c1)OCCO2.[Cl-].[Cl-]. The Morgan fingerprint density at radius 2 is 1.79 bits per heavy atom. The van der Waals surface area contributed by atoms with Crippen LogP contribution in [0.3, 0.4) is 0 Å². The van der Waals surface area contributed by atoms with Crippen LogP contribution in [0.4, 0.5) is 0 Å². The number of nitrogens with one attached hydrogen (secondary N) is 1. The molecule has 4 nitrogen and oxygen atoms in total. The van der Waals surface area contributed by atoms with E-state index in [4.69, 9.17) is 9.47 Å². The molecule has 0 aromatic heterocycles.